The number of amides is 2. The van der Waals surface area contributed by atoms with Crippen molar-refractivity contribution in [2.75, 3.05) is 32.7 Å². The molecule has 7 nitrogen and oxygen atoms in total. The van der Waals surface area contributed by atoms with Gasteiger partial charge in [-0.05, 0) is 25.7 Å². The van der Waals surface area contributed by atoms with Crippen LogP contribution in [0.3, 0.4) is 0 Å². The molecule has 1 aromatic carbocycles. The number of nitrogens with one attached hydrogen (secondary N) is 1. The first kappa shape index (κ1) is 19.3. The van der Waals surface area contributed by atoms with Crippen molar-refractivity contribution in [3.63, 3.8) is 0 Å². The molecular weight excluding hydrogens is 348 g/mol. The highest BCUT2D eigenvalue weighted by Gasteiger charge is 2.30. The van der Waals surface area contributed by atoms with E-state index in [4.69, 9.17) is 26.2 Å². The number of ether oxygens (including phenoxy) is 2. The fraction of sp³-hybridized carbons (Fsp3) is 0.529. The number of aliphatic hydroxyl groups is 1. The number of likely N-dealkylation sites (tertiary alicyclic amines) is 1. The van der Waals surface area contributed by atoms with Gasteiger partial charge in [-0.15, -0.1) is 0 Å². The van der Waals surface area contributed by atoms with Crippen LogP contribution in [0.15, 0.2) is 12.1 Å². The number of carbonyl (C=O) groups is 2. The molecule has 1 aromatic rings. The van der Waals surface area contributed by atoms with Gasteiger partial charge in [-0.3, -0.25) is 9.59 Å². The van der Waals surface area contributed by atoms with Gasteiger partial charge in [0.05, 0.1) is 24.9 Å². The number of piperidine rings is 1. The van der Waals surface area contributed by atoms with Crippen LogP contribution >= 0.6 is 11.6 Å². The molecule has 1 saturated heterocycles. The minimum atomic E-state index is -0.757. The number of nitrogens with zero attached hydrogens (tertiary/aromatic N) is 1. The van der Waals surface area contributed by atoms with Crippen molar-refractivity contribution in [3.8, 4) is 11.5 Å². The fourth-order valence-corrected chi connectivity index (χ4v) is 3.21. The molecule has 1 aliphatic rings. The molecule has 1 fully saturated rings. The molecule has 0 radical (unpaired) electrons. The Morgan fingerprint density at radius 2 is 2.00 bits per heavy atom. The topological polar surface area (TPSA) is 88.1 Å². The third-order valence-corrected chi connectivity index (χ3v) is 4.56. The van der Waals surface area contributed by atoms with Crippen LogP contribution in [0.25, 0.3) is 0 Å². The summed E-state index contributed by atoms with van der Waals surface area (Å²) in [6.07, 6.45) is 3.09. The van der Waals surface area contributed by atoms with Crippen LogP contribution in [-0.2, 0) is 9.59 Å². The maximum absolute atomic E-state index is 12.5. The molecule has 138 valence electrons. The second kappa shape index (κ2) is 8.92. The van der Waals surface area contributed by atoms with E-state index in [2.05, 4.69) is 5.32 Å². The molecule has 0 saturated carbocycles. The summed E-state index contributed by atoms with van der Waals surface area (Å²) in [7, 11) is 2.90. The molecule has 1 unspecified atom stereocenters. The van der Waals surface area contributed by atoms with Crippen LogP contribution in [0.5, 0.6) is 11.5 Å². The maximum Gasteiger partial charge on any atom is 0.314 e. The molecule has 1 atom stereocenters. The van der Waals surface area contributed by atoms with Crippen LogP contribution in [0.4, 0.5) is 5.69 Å². The Morgan fingerprint density at radius 1 is 1.28 bits per heavy atom. The summed E-state index contributed by atoms with van der Waals surface area (Å²) in [6.45, 7) is 0.496. The third kappa shape index (κ3) is 4.55. The number of methoxy groups -OCH3 is 2. The number of aliphatic hydroxyl groups excluding tert-OH is 1. The van der Waals surface area contributed by atoms with Crippen LogP contribution < -0.4 is 14.8 Å². The molecule has 25 heavy (non-hydrogen) atoms. The van der Waals surface area contributed by atoms with E-state index in [1.165, 1.54) is 31.3 Å². The lowest BCUT2D eigenvalue weighted by Gasteiger charge is -2.35. The highest BCUT2D eigenvalue weighted by molar-refractivity contribution is 6.40. The Balaban J connectivity index is 2.16. The Bertz CT molecular complexity index is 636. The average Bonchev–Trinajstić information content (AvgIpc) is 2.62. The first-order valence-corrected chi connectivity index (χ1v) is 8.54. The normalized spacial score (nSPS) is 17.1. The highest BCUT2D eigenvalue weighted by Crippen LogP contribution is 2.36. The molecule has 0 spiro atoms. The Hall–Kier alpha value is -1.99. The molecular formula is C17H23ClN2O5. The Kier molecular flexibility index (Phi) is 6.90. The lowest BCUT2D eigenvalue weighted by Crippen LogP contribution is -2.48. The number of halogens is 1. The zero-order chi connectivity index (χ0) is 18.4. The molecule has 0 bridgehead atoms. The molecule has 0 aromatic heterocycles. The van der Waals surface area contributed by atoms with Gasteiger partial charge in [0, 0.05) is 31.3 Å². The predicted molar refractivity (Wildman–Crippen MR) is 94.2 cm³/mol. The number of benzene rings is 1. The van der Waals surface area contributed by atoms with Gasteiger partial charge in [0.25, 0.3) is 0 Å². The van der Waals surface area contributed by atoms with Crippen molar-refractivity contribution in [1.82, 2.24) is 4.90 Å². The predicted octanol–water partition coefficient (Wildman–Crippen LogP) is 2.06. The van der Waals surface area contributed by atoms with Crippen molar-refractivity contribution < 1.29 is 24.2 Å². The largest absolute Gasteiger partial charge is 0.495 e. The van der Waals surface area contributed by atoms with E-state index in [0.717, 1.165) is 19.3 Å². The van der Waals surface area contributed by atoms with Crippen LogP contribution in [0.2, 0.25) is 5.02 Å². The highest BCUT2D eigenvalue weighted by atomic mass is 35.5. The van der Waals surface area contributed by atoms with E-state index >= 15 is 0 Å². The van der Waals surface area contributed by atoms with Crippen LogP contribution in [-0.4, -0.2) is 55.2 Å². The van der Waals surface area contributed by atoms with Gasteiger partial charge in [-0.25, -0.2) is 0 Å². The summed E-state index contributed by atoms with van der Waals surface area (Å²) >= 11 is 6.04. The van der Waals surface area contributed by atoms with E-state index < -0.39 is 11.8 Å². The monoisotopic (exact) mass is 370 g/mol. The summed E-state index contributed by atoms with van der Waals surface area (Å²) in [4.78, 5) is 26.5. The lowest BCUT2D eigenvalue weighted by molar-refractivity contribution is -0.146. The number of hydrogen-bond acceptors (Lipinski definition) is 5. The van der Waals surface area contributed by atoms with Crippen LogP contribution in [0, 0.1) is 0 Å². The second-order valence-corrected chi connectivity index (χ2v) is 6.21. The van der Waals surface area contributed by atoms with Crippen molar-refractivity contribution in [1.29, 1.82) is 0 Å². The van der Waals surface area contributed by atoms with Crippen molar-refractivity contribution in [2.45, 2.75) is 31.7 Å². The van der Waals surface area contributed by atoms with E-state index in [1.807, 2.05) is 0 Å². The quantitative estimate of drug-likeness (QED) is 0.774. The lowest BCUT2D eigenvalue weighted by atomic mass is 9.99. The zero-order valence-corrected chi connectivity index (χ0v) is 15.1. The summed E-state index contributed by atoms with van der Waals surface area (Å²) in [5.74, 6) is -0.680. The fourth-order valence-electron chi connectivity index (χ4n) is 2.98. The molecule has 0 aliphatic carbocycles. The van der Waals surface area contributed by atoms with Gasteiger partial charge < -0.3 is 24.8 Å². The van der Waals surface area contributed by atoms with E-state index in [0.29, 0.717) is 35.2 Å². The first-order valence-electron chi connectivity index (χ1n) is 8.16. The Morgan fingerprint density at radius 3 is 2.64 bits per heavy atom. The zero-order valence-electron chi connectivity index (χ0n) is 14.4. The molecule has 2 N–H and O–H groups in total. The Labute approximate surface area is 151 Å². The van der Waals surface area contributed by atoms with E-state index in [1.54, 1.807) is 0 Å². The standard InChI is InChI=1S/C17H23ClN2O5/c1-24-14-10-13(15(25-2)9-12(14)18)19-16(22)17(23)20-7-4-3-5-11(20)6-8-21/h9-11,21H,3-8H2,1-2H3,(H,19,22). The first-order chi connectivity index (χ1) is 12.0. The maximum atomic E-state index is 12.5. The average molecular weight is 371 g/mol. The van der Waals surface area contributed by atoms with Crippen molar-refractivity contribution in [2.24, 2.45) is 0 Å². The molecule has 8 heteroatoms. The van der Waals surface area contributed by atoms with Crippen LogP contribution in [0.1, 0.15) is 25.7 Å². The van der Waals surface area contributed by atoms with Gasteiger partial charge in [-0.2, -0.15) is 0 Å². The number of rotatable bonds is 5. The summed E-state index contributed by atoms with van der Waals surface area (Å²) in [5.41, 5.74) is 0.304. The van der Waals surface area contributed by atoms with Gasteiger partial charge in [0.2, 0.25) is 0 Å². The SMILES string of the molecule is COc1cc(NC(=O)C(=O)N2CCCCC2CCO)c(OC)cc1Cl. The smallest absolute Gasteiger partial charge is 0.314 e. The summed E-state index contributed by atoms with van der Waals surface area (Å²) in [6, 6.07) is 2.91. The second-order valence-electron chi connectivity index (χ2n) is 5.80. The van der Waals surface area contributed by atoms with E-state index in [-0.39, 0.29) is 12.6 Å². The summed E-state index contributed by atoms with van der Waals surface area (Å²) in [5, 5.41) is 12.1. The number of hydrogen-bond donors (Lipinski definition) is 2. The van der Waals surface area contributed by atoms with Crippen molar-refractivity contribution in [3.05, 3.63) is 17.2 Å². The molecule has 2 amide bonds. The third-order valence-electron chi connectivity index (χ3n) is 4.27. The van der Waals surface area contributed by atoms with Gasteiger partial charge in [0.15, 0.2) is 0 Å². The summed E-state index contributed by atoms with van der Waals surface area (Å²) < 4.78 is 10.3. The van der Waals surface area contributed by atoms with Gasteiger partial charge in [0.1, 0.15) is 11.5 Å². The van der Waals surface area contributed by atoms with Crippen molar-refractivity contribution >= 4 is 29.1 Å². The number of carbonyl (C=O) groups excluding carboxylic acids is 2. The van der Waals surface area contributed by atoms with Gasteiger partial charge >= 0.3 is 11.8 Å². The van der Waals surface area contributed by atoms with E-state index in [9.17, 15) is 9.59 Å². The molecule has 1 aliphatic heterocycles. The number of anilines is 1. The van der Waals surface area contributed by atoms with Gasteiger partial charge in [-0.1, -0.05) is 11.6 Å². The minimum absolute atomic E-state index is 0.0156. The molecule has 1 heterocycles. The minimum Gasteiger partial charge on any atom is -0.495 e. The molecule has 2 rings (SSSR count).